The predicted octanol–water partition coefficient (Wildman–Crippen LogP) is 3.11. The first kappa shape index (κ1) is 20.5. The van der Waals surface area contributed by atoms with Gasteiger partial charge in [-0.05, 0) is 43.0 Å². The Morgan fingerprint density at radius 1 is 1.04 bits per heavy atom. The summed E-state index contributed by atoms with van der Waals surface area (Å²) in [5, 5.41) is 0. The average molecular weight is 414 g/mol. The number of rotatable bonds is 6. The average Bonchev–Trinajstić information content (AvgIpc) is 2.67. The first-order valence-electron chi connectivity index (χ1n) is 8.93. The molecular formula is C18H21F3N4O2S. The Labute approximate surface area is 161 Å². The summed E-state index contributed by atoms with van der Waals surface area (Å²) < 4.78 is 64.7. The molecule has 28 heavy (non-hydrogen) atoms. The van der Waals surface area contributed by atoms with Crippen molar-refractivity contribution in [2.75, 3.05) is 18.0 Å². The van der Waals surface area contributed by atoms with Gasteiger partial charge in [0.25, 0.3) is 0 Å². The van der Waals surface area contributed by atoms with Crippen molar-refractivity contribution >= 4 is 16.0 Å². The second-order valence-electron chi connectivity index (χ2n) is 6.67. The minimum atomic E-state index is -4.45. The van der Waals surface area contributed by atoms with Crippen molar-refractivity contribution < 1.29 is 21.6 Å². The van der Waals surface area contributed by atoms with Gasteiger partial charge in [0, 0.05) is 19.3 Å². The van der Waals surface area contributed by atoms with Gasteiger partial charge in [-0.2, -0.15) is 13.2 Å². The van der Waals surface area contributed by atoms with Gasteiger partial charge in [-0.1, -0.05) is 12.1 Å². The van der Waals surface area contributed by atoms with Gasteiger partial charge in [-0.15, -0.1) is 0 Å². The summed E-state index contributed by atoms with van der Waals surface area (Å²) in [6, 6.07) is 5.72. The summed E-state index contributed by atoms with van der Waals surface area (Å²) in [6.07, 6.45) is 0.478. The molecule has 3 rings (SSSR count). The van der Waals surface area contributed by atoms with Crippen LogP contribution < -0.4 is 9.62 Å². The molecule has 1 saturated heterocycles. The predicted molar refractivity (Wildman–Crippen MR) is 99.0 cm³/mol. The molecule has 6 nitrogen and oxygen atoms in total. The zero-order valence-electron chi connectivity index (χ0n) is 15.1. The van der Waals surface area contributed by atoms with Crippen LogP contribution in [0.1, 0.15) is 36.1 Å². The highest BCUT2D eigenvalue weighted by molar-refractivity contribution is 7.88. The Bertz CT molecular complexity index is 896. The summed E-state index contributed by atoms with van der Waals surface area (Å²) in [5.41, 5.74) is -0.00315. The highest BCUT2D eigenvalue weighted by Crippen LogP contribution is 2.29. The van der Waals surface area contributed by atoms with Crippen LogP contribution in [0.5, 0.6) is 0 Å². The summed E-state index contributed by atoms with van der Waals surface area (Å²) in [5.74, 6) is 0.175. The number of halogens is 3. The molecule has 2 heterocycles. The molecule has 0 unspecified atom stereocenters. The van der Waals surface area contributed by atoms with E-state index in [1.54, 1.807) is 12.3 Å². The number of hydrogen-bond donors (Lipinski definition) is 1. The van der Waals surface area contributed by atoms with E-state index in [9.17, 15) is 21.6 Å². The number of nitrogens with one attached hydrogen (secondary N) is 1. The number of hydrogen-bond acceptors (Lipinski definition) is 5. The number of nitrogens with zero attached hydrogens (tertiary/aromatic N) is 3. The lowest BCUT2D eigenvalue weighted by molar-refractivity contribution is -0.137. The van der Waals surface area contributed by atoms with E-state index < -0.39 is 27.5 Å². The molecule has 0 saturated carbocycles. The van der Waals surface area contributed by atoms with E-state index in [1.807, 2.05) is 0 Å². The molecule has 0 atom stereocenters. The molecular weight excluding hydrogens is 393 g/mol. The first-order valence-corrected chi connectivity index (χ1v) is 10.6. The number of alkyl halides is 3. The van der Waals surface area contributed by atoms with E-state index in [0.717, 1.165) is 38.1 Å². The molecule has 1 fully saturated rings. The first-order chi connectivity index (χ1) is 13.2. The standard InChI is InChI=1S/C18H21F3N4O2S/c19-18(20,21)15-6-4-14(5-7-15)13-28(26,27)23-12-16-8-9-22-17(24-16)25-10-2-1-3-11-25/h4-9,23H,1-3,10-13H2. The van der Waals surface area contributed by atoms with Gasteiger partial charge in [-0.3, -0.25) is 0 Å². The van der Waals surface area contributed by atoms with Crippen molar-refractivity contribution in [3.63, 3.8) is 0 Å². The second kappa shape index (κ2) is 8.44. The minimum Gasteiger partial charge on any atom is -0.341 e. The van der Waals surface area contributed by atoms with Crippen molar-refractivity contribution in [2.24, 2.45) is 0 Å². The Kier molecular flexibility index (Phi) is 6.19. The third-order valence-corrected chi connectivity index (χ3v) is 5.75. The molecule has 1 aliphatic rings. The molecule has 1 aliphatic heterocycles. The summed E-state index contributed by atoms with van der Waals surface area (Å²) >= 11 is 0. The largest absolute Gasteiger partial charge is 0.416 e. The van der Waals surface area contributed by atoms with E-state index in [4.69, 9.17) is 0 Å². The molecule has 1 N–H and O–H groups in total. The van der Waals surface area contributed by atoms with Crippen LogP contribution in [-0.2, 0) is 28.5 Å². The van der Waals surface area contributed by atoms with Crippen LogP contribution >= 0.6 is 0 Å². The normalized spacial score (nSPS) is 15.6. The molecule has 0 aliphatic carbocycles. The maximum absolute atomic E-state index is 12.6. The number of piperidine rings is 1. The van der Waals surface area contributed by atoms with E-state index >= 15 is 0 Å². The molecule has 152 valence electrons. The summed E-state index contributed by atoms with van der Waals surface area (Å²) in [6.45, 7) is 1.75. The van der Waals surface area contributed by atoms with Gasteiger partial charge in [0.1, 0.15) is 0 Å². The lowest BCUT2D eigenvalue weighted by atomic mass is 10.1. The lowest BCUT2D eigenvalue weighted by Crippen LogP contribution is -2.31. The summed E-state index contributed by atoms with van der Waals surface area (Å²) in [4.78, 5) is 10.7. The van der Waals surface area contributed by atoms with Gasteiger partial charge >= 0.3 is 6.18 Å². The van der Waals surface area contributed by atoms with E-state index in [1.165, 1.54) is 18.6 Å². The van der Waals surface area contributed by atoms with Crippen LogP contribution in [0.25, 0.3) is 0 Å². The zero-order chi connectivity index (χ0) is 20.2. The molecule has 1 aromatic carbocycles. The zero-order valence-corrected chi connectivity index (χ0v) is 15.9. The number of aromatic nitrogens is 2. The van der Waals surface area contributed by atoms with Gasteiger partial charge < -0.3 is 4.90 Å². The van der Waals surface area contributed by atoms with E-state index in [0.29, 0.717) is 11.6 Å². The quantitative estimate of drug-likeness (QED) is 0.786. The van der Waals surface area contributed by atoms with E-state index in [2.05, 4.69) is 19.6 Å². The smallest absolute Gasteiger partial charge is 0.341 e. The SMILES string of the molecule is O=S(=O)(Cc1ccc(C(F)(F)F)cc1)NCc1ccnc(N2CCCCC2)n1. The number of benzene rings is 1. The monoisotopic (exact) mass is 414 g/mol. The topological polar surface area (TPSA) is 75.2 Å². The molecule has 0 spiro atoms. The Morgan fingerprint density at radius 3 is 2.36 bits per heavy atom. The van der Waals surface area contributed by atoms with Crippen LogP contribution in [0.15, 0.2) is 36.5 Å². The van der Waals surface area contributed by atoms with Crippen molar-refractivity contribution in [1.29, 1.82) is 0 Å². The van der Waals surface area contributed by atoms with Crippen LogP contribution in [0, 0.1) is 0 Å². The Morgan fingerprint density at radius 2 is 1.71 bits per heavy atom. The van der Waals surface area contributed by atoms with Gasteiger partial charge in [0.2, 0.25) is 16.0 Å². The van der Waals surface area contributed by atoms with Gasteiger partial charge in [-0.25, -0.2) is 23.1 Å². The van der Waals surface area contributed by atoms with Crippen molar-refractivity contribution in [3.05, 3.63) is 53.3 Å². The maximum Gasteiger partial charge on any atom is 0.416 e. The molecule has 1 aromatic heterocycles. The third-order valence-electron chi connectivity index (χ3n) is 4.45. The fraction of sp³-hybridized carbons (Fsp3) is 0.444. The fourth-order valence-corrected chi connectivity index (χ4v) is 4.07. The van der Waals surface area contributed by atoms with Gasteiger partial charge in [0.05, 0.1) is 23.6 Å². The molecule has 0 bridgehead atoms. The number of anilines is 1. The van der Waals surface area contributed by atoms with E-state index in [-0.39, 0.29) is 12.1 Å². The summed E-state index contributed by atoms with van der Waals surface area (Å²) in [7, 11) is -3.72. The van der Waals surface area contributed by atoms with Gasteiger partial charge in [0.15, 0.2) is 0 Å². The number of sulfonamides is 1. The molecule has 2 aromatic rings. The Hall–Kier alpha value is -2.20. The molecule has 10 heteroatoms. The Balaban J connectivity index is 1.60. The van der Waals surface area contributed by atoms with Crippen LogP contribution in [0.4, 0.5) is 19.1 Å². The lowest BCUT2D eigenvalue weighted by Gasteiger charge is -2.26. The third kappa shape index (κ3) is 5.65. The fourth-order valence-electron chi connectivity index (χ4n) is 2.97. The van der Waals surface area contributed by atoms with Crippen molar-refractivity contribution in [2.45, 2.75) is 37.7 Å². The highest BCUT2D eigenvalue weighted by Gasteiger charge is 2.30. The van der Waals surface area contributed by atoms with Crippen LogP contribution in [-0.4, -0.2) is 31.5 Å². The van der Waals surface area contributed by atoms with Crippen molar-refractivity contribution in [1.82, 2.24) is 14.7 Å². The molecule has 0 radical (unpaired) electrons. The maximum atomic E-state index is 12.6. The van der Waals surface area contributed by atoms with Crippen LogP contribution in [0.2, 0.25) is 0 Å². The highest BCUT2D eigenvalue weighted by atomic mass is 32.2. The molecule has 0 amide bonds. The van der Waals surface area contributed by atoms with Crippen LogP contribution in [0.3, 0.4) is 0 Å². The van der Waals surface area contributed by atoms with Crippen molar-refractivity contribution in [3.8, 4) is 0 Å². The minimum absolute atomic E-state index is 0.00761. The second-order valence-corrected chi connectivity index (χ2v) is 8.48.